The van der Waals surface area contributed by atoms with Crippen molar-refractivity contribution < 1.29 is 14.3 Å². The van der Waals surface area contributed by atoms with Crippen LogP contribution in [0.5, 0.6) is 5.75 Å². The summed E-state index contributed by atoms with van der Waals surface area (Å²) in [5.41, 5.74) is 0.432. The molecule has 6 heteroatoms. The molecular formula is C17H27N3O3. The zero-order chi connectivity index (χ0) is 17.2. The second-order valence-corrected chi connectivity index (χ2v) is 5.54. The average molecular weight is 321 g/mol. The van der Waals surface area contributed by atoms with Gasteiger partial charge in [0.05, 0.1) is 18.7 Å². The number of carbonyl (C=O) groups excluding carboxylic acids is 2. The van der Waals surface area contributed by atoms with Crippen LogP contribution in [0, 0.1) is 0 Å². The third kappa shape index (κ3) is 6.69. The minimum absolute atomic E-state index is 0.0509. The number of hydrogen-bond donors (Lipinski definition) is 2. The van der Waals surface area contributed by atoms with Crippen LogP contribution in [0.15, 0.2) is 24.3 Å². The number of benzene rings is 1. The highest BCUT2D eigenvalue weighted by Gasteiger charge is 2.13. The van der Waals surface area contributed by atoms with Crippen molar-refractivity contribution in [1.29, 1.82) is 0 Å². The van der Waals surface area contributed by atoms with Crippen LogP contribution in [0.1, 0.15) is 31.1 Å². The normalized spacial score (nSPS) is 10.7. The highest BCUT2D eigenvalue weighted by molar-refractivity contribution is 5.98. The third-order valence-corrected chi connectivity index (χ3v) is 3.51. The fourth-order valence-electron chi connectivity index (χ4n) is 1.88. The first-order valence-corrected chi connectivity index (χ1v) is 7.92. The van der Waals surface area contributed by atoms with Crippen molar-refractivity contribution in [3.05, 3.63) is 29.8 Å². The van der Waals surface area contributed by atoms with E-state index in [1.165, 1.54) is 0 Å². The Morgan fingerprint density at radius 2 is 1.91 bits per heavy atom. The topological polar surface area (TPSA) is 70.7 Å². The van der Waals surface area contributed by atoms with Crippen molar-refractivity contribution in [3.8, 4) is 5.75 Å². The van der Waals surface area contributed by atoms with Crippen molar-refractivity contribution >= 4 is 11.8 Å². The first kappa shape index (κ1) is 19.0. The summed E-state index contributed by atoms with van der Waals surface area (Å²) in [6.45, 7) is 7.80. The molecule has 6 nitrogen and oxygen atoms in total. The molecular weight excluding hydrogens is 294 g/mol. The van der Waals surface area contributed by atoms with E-state index >= 15 is 0 Å². The Bertz CT molecular complexity index is 518. The van der Waals surface area contributed by atoms with Gasteiger partial charge in [-0.15, -0.1) is 0 Å². The zero-order valence-electron chi connectivity index (χ0n) is 14.4. The molecule has 2 N–H and O–H groups in total. The second-order valence-electron chi connectivity index (χ2n) is 5.54. The van der Waals surface area contributed by atoms with Crippen LogP contribution in [-0.2, 0) is 4.79 Å². The van der Waals surface area contributed by atoms with Gasteiger partial charge in [0.1, 0.15) is 5.75 Å². The highest BCUT2D eigenvalue weighted by Crippen LogP contribution is 2.17. The molecule has 0 spiro atoms. The molecule has 0 fully saturated rings. The summed E-state index contributed by atoms with van der Waals surface area (Å²) in [4.78, 5) is 26.0. The van der Waals surface area contributed by atoms with Crippen molar-refractivity contribution in [2.75, 3.05) is 33.3 Å². The Labute approximate surface area is 138 Å². The predicted octanol–water partition coefficient (Wildman–Crippen LogP) is 1.27. The molecule has 0 atom stereocenters. The second kappa shape index (κ2) is 9.84. The molecule has 0 aliphatic carbocycles. The Balaban J connectivity index is 2.40. The number of nitrogens with one attached hydrogen (secondary N) is 2. The van der Waals surface area contributed by atoms with E-state index in [0.717, 1.165) is 6.54 Å². The molecule has 0 saturated carbocycles. The van der Waals surface area contributed by atoms with E-state index in [0.29, 0.717) is 30.5 Å². The monoisotopic (exact) mass is 321 g/mol. The number of nitrogens with zero attached hydrogens (tertiary/aromatic N) is 1. The molecule has 1 rings (SSSR count). The first-order valence-electron chi connectivity index (χ1n) is 7.92. The van der Waals surface area contributed by atoms with E-state index in [1.54, 1.807) is 24.3 Å². The van der Waals surface area contributed by atoms with Gasteiger partial charge in [0, 0.05) is 19.1 Å². The summed E-state index contributed by atoms with van der Waals surface area (Å²) in [5, 5.41) is 5.40. The lowest BCUT2D eigenvalue weighted by atomic mass is 10.2. The van der Waals surface area contributed by atoms with Gasteiger partial charge >= 0.3 is 0 Å². The van der Waals surface area contributed by atoms with Crippen LogP contribution in [0.2, 0.25) is 0 Å². The van der Waals surface area contributed by atoms with Crippen LogP contribution < -0.4 is 15.4 Å². The molecule has 1 aromatic rings. The Kier molecular flexibility index (Phi) is 8.11. The summed E-state index contributed by atoms with van der Waals surface area (Å²) < 4.78 is 5.41. The zero-order valence-corrected chi connectivity index (χ0v) is 14.4. The molecule has 0 saturated heterocycles. The van der Waals surface area contributed by atoms with Gasteiger partial charge in [-0.1, -0.05) is 12.1 Å². The molecule has 1 aromatic carbocycles. The Morgan fingerprint density at radius 1 is 1.22 bits per heavy atom. The highest BCUT2D eigenvalue weighted by atomic mass is 16.5. The maximum Gasteiger partial charge on any atom is 0.255 e. The molecule has 0 aliphatic heterocycles. The van der Waals surface area contributed by atoms with Crippen LogP contribution in [0.25, 0.3) is 0 Å². The van der Waals surface area contributed by atoms with Crippen molar-refractivity contribution in [1.82, 2.24) is 15.5 Å². The molecule has 0 radical (unpaired) electrons. The number of para-hydroxylation sites is 1. The molecule has 0 aromatic heterocycles. The minimum atomic E-state index is -0.316. The van der Waals surface area contributed by atoms with E-state index in [9.17, 15) is 9.59 Å². The number of carbonyl (C=O) groups is 2. The molecule has 0 aliphatic rings. The maximum absolute atomic E-state index is 12.1. The van der Waals surface area contributed by atoms with Gasteiger partial charge in [-0.05, 0) is 40.0 Å². The van der Waals surface area contributed by atoms with Crippen molar-refractivity contribution in [2.45, 2.75) is 26.8 Å². The number of likely N-dealkylation sites (N-methyl/N-ethyl adjacent to an activating group) is 1. The van der Waals surface area contributed by atoms with E-state index in [-0.39, 0.29) is 18.4 Å². The number of ether oxygens (including phenoxy) is 1. The Morgan fingerprint density at radius 3 is 2.57 bits per heavy atom. The summed E-state index contributed by atoms with van der Waals surface area (Å²) in [6.07, 6.45) is 0. The van der Waals surface area contributed by atoms with Gasteiger partial charge in [0.2, 0.25) is 5.91 Å². The van der Waals surface area contributed by atoms with Crippen molar-refractivity contribution in [3.63, 3.8) is 0 Å². The number of rotatable bonds is 9. The van der Waals surface area contributed by atoms with Crippen LogP contribution in [-0.4, -0.2) is 56.0 Å². The van der Waals surface area contributed by atoms with E-state index < -0.39 is 0 Å². The van der Waals surface area contributed by atoms with Gasteiger partial charge in [-0.2, -0.15) is 0 Å². The lowest BCUT2D eigenvalue weighted by molar-refractivity contribution is -0.120. The lowest BCUT2D eigenvalue weighted by Gasteiger charge is -2.20. The van der Waals surface area contributed by atoms with Gasteiger partial charge in [-0.25, -0.2) is 0 Å². The standard InChI is InChI=1S/C17H27N3O3/c1-5-23-15-9-7-6-8-14(15)17(22)19-12-16(21)18-10-11-20(4)13(2)3/h6-9,13H,5,10-12H2,1-4H3,(H,18,21)(H,19,22). The van der Waals surface area contributed by atoms with Crippen LogP contribution in [0.3, 0.4) is 0 Å². The predicted molar refractivity (Wildman–Crippen MR) is 90.7 cm³/mol. The third-order valence-electron chi connectivity index (χ3n) is 3.51. The van der Waals surface area contributed by atoms with Crippen molar-refractivity contribution in [2.24, 2.45) is 0 Å². The molecule has 0 bridgehead atoms. The maximum atomic E-state index is 12.1. The molecule has 128 valence electrons. The van der Waals surface area contributed by atoms with E-state index in [1.807, 2.05) is 14.0 Å². The molecule has 23 heavy (non-hydrogen) atoms. The van der Waals surface area contributed by atoms with E-state index in [4.69, 9.17) is 4.74 Å². The SMILES string of the molecule is CCOc1ccccc1C(=O)NCC(=O)NCCN(C)C(C)C. The summed E-state index contributed by atoms with van der Waals surface area (Å²) in [5.74, 6) is -0.000591. The van der Waals surface area contributed by atoms with Gasteiger partial charge in [0.15, 0.2) is 0 Å². The number of amides is 2. The smallest absolute Gasteiger partial charge is 0.255 e. The van der Waals surface area contributed by atoms with Crippen LogP contribution in [0.4, 0.5) is 0 Å². The Hall–Kier alpha value is -2.08. The van der Waals surface area contributed by atoms with Gasteiger partial charge in [-0.3, -0.25) is 9.59 Å². The van der Waals surface area contributed by atoms with E-state index in [2.05, 4.69) is 29.4 Å². The molecule has 0 heterocycles. The average Bonchev–Trinajstić information content (AvgIpc) is 2.53. The summed E-state index contributed by atoms with van der Waals surface area (Å²) >= 11 is 0. The largest absolute Gasteiger partial charge is 0.493 e. The summed E-state index contributed by atoms with van der Waals surface area (Å²) in [6, 6.07) is 7.41. The molecule has 0 unspecified atom stereocenters. The fraction of sp³-hybridized carbons (Fsp3) is 0.529. The molecule has 2 amide bonds. The van der Waals surface area contributed by atoms with Gasteiger partial charge < -0.3 is 20.3 Å². The number of hydrogen-bond acceptors (Lipinski definition) is 4. The van der Waals surface area contributed by atoms with Crippen LogP contribution >= 0.6 is 0 Å². The minimum Gasteiger partial charge on any atom is -0.493 e. The quantitative estimate of drug-likeness (QED) is 0.719. The lowest BCUT2D eigenvalue weighted by Crippen LogP contribution is -2.41. The summed E-state index contributed by atoms with van der Waals surface area (Å²) in [7, 11) is 2.00. The first-order chi connectivity index (χ1) is 11.0. The van der Waals surface area contributed by atoms with Gasteiger partial charge in [0.25, 0.3) is 5.91 Å². The fourth-order valence-corrected chi connectivity index (χ4v) is 1.88.